The number of amides is 2. The Morgan fingerprint density at radius 2 is 1.60 bits per heavy atom. The van der Waals surface area contributed by atoms with E-state index in [2.05, 4.69) is 5.32 Å². The summed E-state index contributed by atoms with van der Waals surface area (Å²) in [5, 5.41) is 3.38. The fourth-order valence-electron chi connectivity index (χ4n) is 4.40. The first kappa shape index (κ1) is 32.8. The van der Waals surface area contributed by atoms with Crippen LogP contribution in [0.25, 0.3) is 0 Å². The third-order valence-corrected chi connectivity index (χ3v) is 9.09. The predicted molar refractivity (Wildman–Crippen MR) is 164 cm³/mol. The minimum absolute atomic E-state index is 0.000586. The third-order valence-electron chi connectivity index (χ3n) is 6.95. The maximum Gasteiger partial charge on any atom is 0.264 e. The largest absolute Gasteiger partial charge is 0.497 e. The van der Waals surface area contributed by atoms with E-state index in [4.69, 9.17) is 21.1 Å². The molecule has 0 aromatic heterocycles. The summed E-state index contributed by atoms with van der Waals surface area (Å²) in [5.74, 6) is -0.324. The highest BCUT2D eigenvalue weighted by molar-refractivity contribution is 7.92. The lowest BCUT2D eigenvalue weighted by Gasteiger charge is -2.34. The Balaban J connectivity index is 2.15. The molecule has 2 amide bonds. The summed E-state index contributed by atoms with van der Waals surface area (Å²) in [4.78, 5) is 29.1. The smallest absolute Gasteiger partial charge is 0.264 e. The molecule has 3 aromatic carbocycles. The van der Waals surface area contributed by atoms with Crippen LogP contribution >= 0.6 is 11.6 Å². The predicted octanol–water partition coefficient (Wildman–Crippen LogP) is 5.27. The zero-order chi connectivity index (χ0) is 30.9. The normalized spacial score (nSPS) is 12.6. The molecule has 3 aromatic rings. The molecular weight excluding hydrogens is 578 g/mol. The van der Waals surface area contributed by atoms with Crippen LogP contribution in [0, 0.1) is 0 Å². The molecule has 42 heavy (non-hydrogen) atoms. The van der Waals surface area contributed by atoms with E-state index in [1.165, 1.54) is 37.3 Å². The molecule has 3 rings (SSSR count). The number of anilines is 1. The molecule has 0 radical (unpaired) electrons. The number of hydrogen-bond donors (Lipinski definition) is 1. The number of nitrogens with zero attached hydrogens (tertiary/aromatic N) is 2. The van der Waals surface area contributed by atoms with Gasteiger partial charge in [0.2, 0.25) is 11.8 Å². The van der Waals surface area contributed by atoms with Gasteiger partial charge in [-0.1, -0.05) is 61.8 Å². The van der Waals surface area contributed by atoms with Crippen molar-refractivity contribution in [2.45, 2.75) is 57.1 Å². The monoisotopic (exact) mass is 615 g/mol. The van der Waals surface area contributed by atoms with Gasteiger partial charge in [0.05, 0.1) is 24.8 Å². The zero-order valence-corrected chi connectivity index (χ0v) is 26.1. The van der Waals surface area contributed by atoms with Crippen LogP contribution in [0.3, 0.4) is 0 Å². The lowest BCUT2D eigenvalue weighted by molar-refractivity contribution is -0.140. The number of hydrogen-bond acceptors (Lipinski definition) is 6. The van der Waals surface area contributed by atoms with Crippen LogP contribution in [0.15, 0.2) is 77.7 Å². The summed E-state index contributed by atoms with van der Waals surface area (Å²) in [6.45, 7) is 5.02. The van der Waals surface area contributed by atoms with Gasteiger partial charge in [-0.25, -0.2) is 8.42 Å². The van der Waals surface area contributed by atoms with Gasteiger partial charge in [-0.3, -0.25) is 13.9 Å². The highest BCUT2D eigenvalue weighted by Gasteiger charge is 2.35. The van der Waals surface area contributed by atoms with Crippen LogP contribution in [0.4, 0.5) is 5.69 Å². The van der Waals surface area contributed by atoms with Crippen LogP contribution in [0.5, 0.6) is 11.5 Å². The molecule has 226 valence electrons. The number of rotatable bonds is 14. The lowest BCUT2D eigenvalue weighted by atomic mass is 10.1. The molecular formula is C31H38ClN3O6S. The topological polar surface area (TPSA) is 105 Å². The van der Waals surface area contributed by atoms with Crippen molar-refractivity contribution < 1.29 is 27.5 Å². The Morgan fingerprint density at radius 1 is 0.929 bits per heavy atom. The van der Waals surface area contributed by atoms with E-state index in [-0.39, 0.29) is 34.8 Å². The first-order valence-electron chi connectivity index (χ1n) is 13.7. The molecule has 0 aliphatic heterocycles. The van der Waals surface area contributed by atoms with Crippen molar-refractivity contribution in [3.8, 4) is 11.5 Å². The zero-order valence-electron chi connectivity index (χ0n) is 24.5. The van der Waals surface area contributed by atoms with Gasteiger partial charge in [0.25, 0.3) is 10.0 Å². The Morgan fingerprint density at radius 3 is 2.19 bits per heavy atom. The molecule has 0 aliphatic rings. The molecule has 2 atom stereocenters. The van der Waals surface area contributed by atoms with Gasteiger partial charge in [0.1, 0.15) is 24.1 Å². The Bertz CT molecular complexity index is 1470. The number of carbonyl (C=O) groups excluding carboxylic acids is 2. The molecule has 0 saturated heterocycles. The first-order chi connectivity index (χ1) is 20.1. The molecule has 0 unspecified atom stereocenters. The molecule has 9 nitrogen and oxygen atoms in total. The van der Waals surface area contributed by atoms with Gasteiger partial charge in [-0.2, -0.15) is 0 Å². The van der Waals surface area contributed by atoms with Crippen LogP contribution < -0.4 is 19.1 Å². The number of methoxy groups -OCH3 is 2. The van der Waals surface area contributed by atoms with E-state index in [1.807, 2.05) is 13.8 Å². The Hall–Kier alpha value is -3.76. The second kappa shape index (κ2) is 14.9. The van der Waals surface area contributed by atoms with E-state index < -0.39 is 28.5 Å². The average molecular weight is 616 g/mol. The molecule has 0 heterocycles. The molecule has 0 saturated carbocycles. The van der Waals surface area contributed by atoms with Gasteiger partial charge in [-0.05, 0) is 55.7 Å². The van der Waals surface area contributed by atoms with Gasteiger partial charge >= 0.3 is 0 Å². The number of benzene rings is 3. The van der Waals surface area contributed by atoms with E-state index in [0.29, 0.717) is 29.2 Å². The minimum atomic E-state index is -4.27. The summed E-state index contributed by atoms with van der Waals surface area (Å²) in [7, 11) is -1.40. The average Bonchev–Trinajstić information content (AvgIpc) is 3.00. The fourth-order valence-corrected chi connectivity index (χ4v) is 6.03. The number of halogens is 1. The van der Waals surface area contributed by atoms with Crippen molar-refractivity contribution in [3.63, 3.8) is 0 Å². The SMILES string of the molecule is CC[C@@H](C)NC(=O)[C@@H](CC)N(Cc1ccccc1Cl)C(=O)CN(c1cc(OC)ccc1OC)S(=O)(=O)c1ccccc1. The maximum atomic E-state index is 14.3. The van der Waals surface area contributed by atoms with Gasteiger partial charge < -0.3 is 19.7 Å². The third kappa shape index (κ3) is 7.74. The van der Waals surface area contributed by atoms with Crippen LogP contribution in [0.2, 0.25) is 5.02 Å². The fraction of sp³-hybridized carbons (Fsp3) is 0.355. The van der Waals surface area contributed by atoms with Crippen molar-refractivity contribution in [2.75, 3.05) is 25.1 Å². The second-order valence-corrected chi connectivity index (χ2v) is 12.0. The maximum absolute atomic E-state index is 14.3. The van der Waals surface area contributed by atoms with Crippen molar-refractivity contribution in [1.29, 1.82) is 0 Å². The Kier molecular flexibility index (Phi) is 11.6. The highest BCUT2D eigenvalue weighted by atomic mass is 35.5. The van der Waals surface area contributed by atoms with Crippen LogP contribution in [-0.2, 0) is 26.2 Å². The molecule has 0 fully saturated rings. The van der Waals surface area contributed by atoms with Gasteiger partial charge in [-0.15, -0.1) is 0 Å². The van der Waals surface area contributed by atoms with Crippen LogP contribution in [-0.4, -0.2) is 58.0 Å². The Labute approximate surface area is 253 Å². The minimum Gasteiger partial charge on any atom is -0.497 e. The van der Waals surface area contributed by atoms with Gasteiger partial charge in [0.15, 0.2) is 0 Å². The van der Waals surface area contributed by atoms with Gasteiger partial charge in [0, 0.05) is 23.7 Å². The second-order valence-electron chi connectivity index (χ2n) is 9.72. The number of sulfonamides is 1. The number of ether oxygens (including phenoxy) is 2. The summed E-state index contributed by atoms with van der Waals surface area (Å²) < 4.78 is 40.0. The van der Waals surface area contributed by atoms with Crippen molar-refractivity contribution >= 4 is 39.1 Å². The molecule has 0 bridgehead atoms. The highest BCUT2D eigenvalue weighted by Crippen LogP contribution is 2.36. The lowest BCUT2D eigenvalue weighted by Crippen LogP contribution is -2.53. The summed E-state index contributed by atoms with van der Waals surface area (Å²) in [6.07, 6.45) is 1.01. The summed E-state index contributed by atoms with van der Waals surface area (Å²) in [6, 6.07) is 18.6. The van der Waals surface area contributed by atoms with Crippen molar-refractivity contribution in [1.82, 2.24) is 10.2 Å². The number of nitrogens with one attached hydrogen (secondary N) is 1. The first-order valence-corrected chi connectivity index (χ1v) is 15.5. The van der Waals surface area contributed by atoms with Crippen LogP contribution in [0.1, 0.15) is 39.2 Å². The van der Waals surface area contributed by atoms with E-state index in [0.717, 1.165) is 4.31 Å². The summed E-state index contributed by atoms with van der Waals surface area (Å²) in [5.41, 5.74) is 0.739. The van der Waals surface area contributed by atoms with Crippen molar-refractivity contribution in [3.05, 3.63) is 83.4 Å². The molecule has 0 spiro atoms. The molecule has 1 N–H and O–H groups in total. The molecule has 11 heteroatoms. The number of carbonyl (C=O) groups is 2. The standard InChI is InChI=1S/C31H38ClN3O6S/c1-6-22(3)33-31(37)27(7-2)34(20-23-13-11-12-16-26(23)32)30(36)21-35(42(38,39)25-14-9-8-10-15-25)28-19-24(40-4)17-18-29(28)41-5/h8-19,22,27H,6-7,20-21H2,1-5H3,(H,33,37)/t22-,27-/m1/s1. The quantitative estimate of drug-likeness (QED) is 0.265. The molecule has 0 aliphatic carbocycles. The van der Waals surface area contributed by atoms with Crippen molar-refractivity contribution in [2.24, 2.45) is 0 Å². The van der Waals surface area contributed by atoms with E-state index in [1.54, 1.807) is 61.5 Å². The summed E-state index contributed by atoms with van der Waals surface area (Å²) >= 11 is 6.46. The van der Waals surface area contributed by atoms with E-state index in [9.17, 15) is 18.0 Å². The van der Waals surface area contributed by atoms with E-state index >= 15 is 0 Å².